The number of para-hydroxylation sites is 2. The van der Waals surface area contributed by atoms with Crippen LogP contribution < -0.4 is 9.64 Å². The third-order valence-corrected chi connectivity index (χ3v) is 5.03. The van der Waals surface area contributed by atoms with Crippen LogP contribution in [0.1, 0.15) is 6.42 Å². The summed E-state index contributed by atoms with van der Waals surface area (Å²) >= 11 is 0. The van der Waals surface area contributed by atoms with Crippen LogP contribution in [0.5, 0.6) is 5.75 Å². The van der Waals surface area contributed by atoms with Crippen LogP contribution in [0, 0.1) is 0 Å². The number of hydrogen-bond donors (Lipinski definition) is 1. The second-order valence-corrected chi connectivity index (χ2v) is 6.65. The molecule has 9 heteroatoms. The highest BCUT2D eigenvalue weighted by molar-refractivity contribution is 6.24. The van der Waals surface area contributed by atoms with E-state index >= 15 is 0 Å². The molecule has 1 atom stereocenters. The number of nitrogens with zero attached hydrogens (tertiary/aromatic N) is 5. The Hall–Kier alpha value is -2.94. The number of likely N-dealkylation sites (N-methyl/N-ethyl adjacent to an activating group) is 2. The van der Waals surface area contributed by atoms with Crippen molar-refractivity contribution in [3.05, 3.63) is 24.3 Å². The minimum absolute atomic E-state index is 0.0718. The van der Waals surface area contributed by atoms with Gasteiger partial charge < -0.3 is 9.84 Å². The summed E-state index contributed by atoms with van der Waals surface area (Å²) in [6.07, 6.45) is 0.551. The van der Waals surface area contributed by atoms with Gasteiger partial charge in [-0.1, -0.05) is 17.1 Å². The zero-order valence-corrected chi connectivity index (χ0v) is 15.3. The normalized spacial score (nSPS) is 21.7. The largest absolute Gasteiger partial charge is 0.490 e. The highest BCUT2D eigenvalue weighted by Crippen LogP contribution is 2.32. The third kappa shape index (κ3) is 2.66. The van der Waals surface area contributed by atoms with Gasteiger partial charge in [0.1, 0.15) is 12.2 Å². The maximum atomic E-state index is 12.7. The summed E-state index contributed by atoms with van der Waals surface area (Å²) in [5, 5.41) is 8.97. The fourth-order valence-electron chi connectivity index (χ4n) is 3.61. The molecule has 4 rings (SSSR count). The van der Waals surface area contributed by atoms with Gasteiger partial charge in [0.2, 0.25) is 11.9 Å². The Morgan fingerprint density at radius 2 is 2.04 bits per heavy atom. The maximum absolute atomic E-state index is 12.7. The molecule has 142 valence electrons. The van der Waals surface area contributed by atoms with Crippen molar-refractivity contribution >= 4 is 29.4 Å². The second-order valence-electron chi connectivity index (χ2n) is 6.65. The number of hydrogen-bond acceptors (Lipinski definition) is 6. The summed E-state index contributed by atoms with van der Waals surface area (Å²) in [7, 11) is 3.13. The number of carbonyl (C=O) groups excluding carboxylic acids is 2. The summed E-state index contributed by atoms with van der Waals surface area (Å²) < 4.78 is 7.74. The third-order valence-electron chi connectivity index (χ3n) is 5.03. The zero-order chi connectivity index (χ0) is 19.1. The van der Waals surface area contributed by atoms with E-state index in [0.29, 0.717) is 43.7 Å². The van der Waals surface area contributed by atoms with Crippen LogP contribution >= 0.6 is 0 Å². The summed E-state index contributed by atoms with van der Waals surface area (Å²) in [6, 6.07) is 6.68. The molecular formula is C18H22N5O4+. The molecule has 3 amide bonds. The van der Waals surface area contributed by atoms with Crippen LogP contribution in [0.25, 0.3) is 0 Å². The predicted octanol–water partition coefficient (Wildman–Crippen LogP) is -0.0592. The highest BCUT2D eigenvalue weighted by atomic mass is 16.5. The molecule has 1 fully saturated rings. The first-order valence-electron chi connectivity index (χ1n) is 8.92. The number of ether oxygens (including phenoxy) is 1. The van der Waals surface area contributed by atoms with E-state index in [1.807, 2.05) is 33.7 Å². The summed E-state index contributed by atoms with van der Waals surface area (Å²) in [6.45, 7) is 1.78. The number of fused-ring (bicyclic) bond motifs is 2. The number of guanidine groups is 1. The first kappa shape index (κ1) is 17.5. The van der Waals surface area contributed by atoms with Crippen molar-refractivity contribution in [2.24, 2.45) is 4.99 Å². The predicted molar refractivity (Wildman–Crippen MR) is 98.3 cm³/mol. The van der Waals surface area contributed by atoms with Gasteiger partial charge >= 0.3 is 12.0 Å². The Morgan fingerprint density at radius 1 is 1.26 bits per heavy atom. The number of urea groups is 1. The molecule has 0 aliphatic carbocycles. The van der Waals surface area contributed by atoms with E-state index in [1.165, 1.54) is 11.9 Å². The Morgan fingerprint density at radius 3 is 2.81 bits per heavy atom. The molecular weight excluding hydrogens is 350 g/mol. The summed E-state index contributed by atoms with van der Waals surface area (Å²) in [5.74, 6) is 1.54. The van der Waals surface area contributed by atoms with Crippen molar-refractivity contribution < 1.29 is 24.0 Å². The lowest BCUT2D eigenvalue weighted by Crippen LogP contribution is -2.61. The molecule has 27 heavy (non-hydrogen) atoms. The first-order chi connectivity index (χ1) is 13.0. The fraction of sp³-hybridized carbons (Fsp3) is 0.444. The average molecular weight is 372 g/mol. The van der Waals surface area contributed by atoms with E-state index < -0.39 is 6.04 Å². The van der Waals surface area contributed by atoms with Gasteiger partial charge in [-0.15, -0.1) is 0 Å². The maximum Gasteiger partial charge on any atom is 0.397 e. The zero-order valence-electron chi connectivity index (χ0n) is 15.3. The Labute approximate surface area is 156 Å². The molecule has 0 spiro atoms. The van der Waals surface area contributed by atoms with Crippen molar-refractivity contribution in [2.75, 3.05) is 45.3 Å². The Bertz CT molecular complexity index is 865. The van der Waals surface area contributed by atoms with Crippen LogP contribution in [-0.2, 0) is 4.79 Å². The number of aliphatic hydroxyl groups is 1. The van der Waals surface area contributed by atoms with Gasteiger partial charge in [-0.05, 0) is 12.1 Å². The molecule has 0 bridgehead atoms. The van der Waals surface area contributed by atoms with Gasteiger partial charge in [-0.3, -0.25) is 14.6 Å². The van der Waals surface area contributed by atoms with Crippen molar-refractivity contribution in [1.82, 2.24) is 9.80 Å². The van der Waals surface area contributed by atoms with Gasteiger partial charge in [0.25, 0.3) is 5.91 Å². The van der Waals surface area contributed by atoms with Gasteiger partial charge in [0, 0.05) is 27.1 Å². The summed E-state index contributed by atoms with van der Waals surface area (Å²) in [5.41, 5.74) is 0.853. The number of imide groups is 1. The Balaban J connectivity index is 1.68. The monoisotopic (exact) mass is 372 g/mol. The van der Waals surface area contributed by atoms with E-state index in [4.69, 9.17) is 9.84 Å². The van der Waals surface area contributed by atoms with Crippen LogP contribution in [0.2, 0.25) is 0 Å². The number of amides is 3. The molecule has 3 aliphatic heterocycles. The number of benzene rings is 1. The van der Waals surface area contributed by atoms with Crippen molar-refractivity contribution in [3.8, 4) is 5.75 Å². The van der Waals surface area contributed by atoms with Crippen LogP contribution in [-0.4, -0.2) is 89.7 Å². The lowest BCUT2D eigenvalue weighted by atomic mass is 10.1. The summed E-state index contributed by atoms with van der Waals surface area (Å²) in [4.78, 5) is 34.1. The van der Waals surface area contributed by atoms with Gasteiger partial charge in [-0.25, -0.2) is 14.3 Å². The molecule has 3 aliphatic rings. The number of carbonyl (C=O) groups is 2. The molecule has 1 saturated heterocycles. The van der Waals surface area contributed by atoms with E-state index in [0.717, 1.165) is 10.6 Å². The molecule has 3 heterocycles. The van der Waals surface area contributed by atoms with Gasteiger partial charge in [0.15, 0.2) is 5.75 Å². The lowest BCUT2D eigenvalue weighted by molar-refractivity contribution is -0.525. The fourth-order valence-corrected chi connectivity index (χ4v) is 3.61. The number of anilines is 1. The van der Waals surface area contributed by atoms with Crippen LogP contribution in [0.4, 0.5) is 10.5 Å². The number of amidine groups is 1. The van der Waals surface area contributed by atoms with E-state index in [-0.39, 0.29) is 18.5 Å². The molecule has 0 aromatic heterocycles. The Kier molecular flexibility index (Phi) is 4.31. The van der Waals surface area contributed by atoms with Crippen LogP contribution in [0.3, 0.4) is 0 Å². The molecule has 1 aromatic rings. The number of rotatable bonds is 5. The quantitative estimate of drug-likeness (QED) is 0.578. The average Bonchev–Trinajstić information content (AvgIpc) is 3.24. The standard InChI is InChI=1S/C18H22N5O4/c1-20-15-14(16(25)21(2)18(20)26)23-9-8-22(17(23)19-15)12-6-3-4-7-13(12)27-11-5-10-24/h3-4,6-7,14,24H,5,8-11H2,1-2H3/q+1. The first-order valence-corrected chi connectivity index (χ1v) is 8.92. The lowest BCUT2D eigenvalue weighted by Gasteiger charge is -2.31. The van der Waals surface area contributed by atoms with Crippen molar-refractivity contribution in [1.29, 1.82) is 0 Å². The van der Waals surface area contributed by atoms with Gasteiger partial charge in [-0.2, -0.15) is 0 Å². The second kappa shape index (κ2) is 6.66. The minimum atomic E-state index is -0.569. The highest BCUT2D eigenvalue weighted by Gasteiger charge is 2.54. The van der Waals surface area contributed by atoms with E-state index in [2.05, 4.69) is 4.99 Å². The molecule has 0 radical (unpaired) electrons. The topological polar surface area (TPSA) is 88.7 Å². The smallest absolute Gasteiger partial charge is 0.397 e. The molecule has 1 aromatic carbocycles. The molecule has 1 unspecified atom stereocenters. The molecule has 1 N–H and O–H groups in total. The minimum Gasteiger partial charge on any atom is -0.490 e. The SMILES string of the molecule is CN1C(=O)C2C(=NC3=[N+]2CCN3c2ccccc2OCCCO)N(C)C1=O. The van der Waals surface area contributed by atoms with Gasteiger partial charge in [0.05, 0.1) is 13.2 Å². The van der Waals surface area contributed by atoms with Crippen molar-refractivity contribution in [2.45, 2.75) is 12.5 Å². The van der Waals surface area contributed by atoms with Crippen molar-refractivity contribution in [3.63, 3.8) is 0 Å². The van der Waals surface area contributed by atoms with E-state index in [1.54, 1.807) is 7.05 Å². The molecule has 0 saturated carbocycles. The molecule has 9 nitrogen and oxygen atoms in total. The van der Waals surface area contributed by atoms with Crippen LogP contribution in [0.15, 0.2) is 29.3 Å². The number of aliphatic imine (C=N–C) groups is 1. The van der Waals surface area contributed by atoms with E-state index in [9.17, 15) is 9.59 Å². The number of aliphatic hydroxyl groups excluding tert-OH is 1.